The molecule has 3 nitrogen and oxygen atoms in total. The van der Waals surface area contributed by atoms with Crippen LogP contribution in [0.1, 0.15) is 24.0 Å². The van der Waals surface area contributed by atoms with Crippen LogP contribution in [0.3, 0.4) is 0 Å². The third-order valence-electron chi connectivity index (χ3n) is 3.76. The van der Waals surface area contributed by atoms with E-state index in [1.165, 1.54) is 17.4 Å². The first-order chi connectivity index (χ1) is 8.41. The van der Waals surface area contributed by atoms with Crippen molar-refractivity contribution in [2.45, 2.75) is 25.2 Å². The van der Waals surface area contributed by atoms with Crippen LogP contribution >= 0.6 is 0 Å². The highest BCUT2D eigenvalue weighted by molar-refractivity contribution is 7.90. The van der Waals surface area contributed by atoms with Gasteiger partial charge in [0.25, 0.3) is 0 Å². The summed E-state index contributed by atoms with van der Waals surface area (Å²) in [6, 6.07) is 8.62. The van der Waals surface area contributed by atoms with Crippen molar-refractivity contribution in [1.82, 2.24) is 5.32 Å². The fourth-order valence-electron chi connectivity index (χ4n) is 2.53. The van der Waals surface area contributed by atoms with Crippen LogP contribution in [0.2, 0.25) is 0 Å². The monoisotopic (exact) mass is 267 g/mol. The van der Waals surface area contributed by atoms with Crippen LogP contribution in [0.4, 0.5) is 0 Å². The fraction of sp³-hybridized carbons (Fsp3) is 0.571. The molecule has 1 aliphatic heterocycles. The Balaban J connectivity index is 2.04. The highest BCUT2D eigenvalue weighted by Gasteiger charge is 2.37. The van der Waals surface area contributed by atoms with Crippen LogP contribution in [-0.4, -0.2) is 33.5 Å². The molecule has 100 valence electrons. The molecule has 4 heteroatoms. The lowest BCUT2D eigenvalue weighted by atomic mass is 9.72. The largest absolute Gasteiger partial charge is 0.315 e. The van der Waals surface area contributed by atoms with E-state index in [0.717, 1.165) is 25.9 Å². The molecule has 0 aromatic heterocycles. The molecule has 0 saturated carbocycles. The lowest BCUT2D eigenvalue weighted by Crippen LogP contribution is -2.56. The summed E-state index contributed by atoms with van der Waals surface area (Å²) in [5, 5.41) is 3.31. The molecule has 1 N–H and O–H groups in total. The van der Waals surface area contributed by atoms with Gasteiger partial charge in [0.1, 0.15) is 9.84 Å². The van der Waals surface area contributed by atoms with Gasteiger partial charge in [-0.3, -0.25) is 0 Å². The van der Waals surface area contributed by atoms with Crippen molar-refractivity contribution in [3.63, 3.8) is 0 Å². The lowest BCUT2D eigenvalue weighted by Gasteiger charge is -2.43. The highest BCUT2D eigenvalue weighted by Crippen LogP contribution is 2.33. The van der Waals surface area contributed by atoms with E-state index < -0.39 is 9.84 Å². The minimum atomic E-state index is -2.84. The van der Waals surface area contributed by atoms with Crippen molar-refractivity contribution < 1.29 is 8.42 Å². The van der Waals surface area contributed by atoms with Gasteiger partial charge in [-0.2, -0.15) is 0 Å². The molecular formula is C14H21NO2S. The molecule has 1 aromatic carbocycles. The average molecular weight is 267 g/mol. The highest BCUT2D eigenvalue weighted by atomic mass is 32.2. The van der Waals surface area contributed by atoms with E-state index in [1.54, 1.807) is 0 Å². The molecule has 0 atom stereocenters. The third-order valence-corrected chi connectivity index (χ3v) is 4.79. The van der Waals surface area contributed by atoms with Gasteiger partial charge >= 0.3 is 0 Å². The number of aryl methyl sites for hydroxylation is 1. The summed E-state index contributed by atoms with van der Waals surface area (Å²) in [6.45, 7) is 4.00. The number of sulfone groups is 1. The van der Waals surface area contributed by atoms with Crippen molar-refractivity contribution in [3.05, 3.63) is 35.4 Å². The Morgan fingerprint density at radius 1 is 1.22 bits per heavy atom. The van der Waals surface area contributed by atoms with E-state index in [0.29, 0.717) is 5.75 Å². The Kier molecular flexibility index (Phi) is 3.78. The van der Waals surface area contributed by atoms with Gasteiger partial charge in [0, 0.05) is 30.5 Å². The molecule has 0 radical (unpaired) electrons. The van der Waals surface area contributed by atoms with Gasteiger partial charge in [0.2, 0.25) is 0 Å². The lowest BCUT2D eigenvalue weighted by molar-refractivity contribution is 0.256. The molecule has 1 heterocycles. The Labute approximate surface area is 110 Å². The molecule has 1 aromatic rings. The van der Waals surface area contributed by atoms with Crippen LogP contribution in [0, 0.1) is 6.92 Å². The summed E-state index contributed by atoms with van der Waals surface area (Å²) < 4.78 is 22.4. The van der Waals surface area contributed by atoms with E-state index in [2.05, 4.69) is 36.5 Å². The van der Waals surface area contributed by atoms with Gasteiger partial charge in [-0.1, -0.05) is 29.8 Å². The zero-order valence-electron chi connectivity index (χ0n) is 11.1. The maximum atomic E-state index is 11.2. The van der Waals surface area contributed by atoms with Gasteiger partial charge in [-0.25, -0.2) is 8.42 Å². The van der Waals surface area contributed by atoms with Crippen molar-refractivity contribution >= 4 is 9.84 Å². The quantitative estimate of drug-likeness (QED) is 0.882. The normalized spacial score (nSPS) is 18.3. The summed E-state index contributed by atoms with van der Waals surface area (Å²) >= 11 is 0. The summed E-state index contributed by atoms with van der Waals surface area (Å²) in [5.41, 5.74) is 2.75. The fourth-order valence-corrected chi connectivity index (χ4v) is 3.20. The predicted molar refractivity (Wildman–Crippen MR) is 74.7 cm³/mol. The molecule has 1 fully saturated rings. The summed E-state index contributed by atoms with van der Waals surface area (Å²) in [7, 11) is -2.84. The smallest absolute Gasteiger partial charge is 0.147 e. The molecule has 0 unspecified atom stereocenters. The van der Waals surface area contributed by atoms with Gasteiger partial charge in [-0.05, 0) is 25.3 Å². The molecule has 0 aliphatic carbocycles. The first-order valence-corrected chi connectivity index (χ1v) is 8.43. The van der Waals surface area contributed by atoms with Gasteiger partial charge in [0.05, 0.1) is 0 Å². The Hall–Kier alpha value is -0.870. The summed E-state index contributed by atoms with van der Waals surface area (Å²) in [6.07, 6.45) is 3.00. The van der Waals surface area contributed by atoms with Crippen molar-refractivity contribution in [2.75, 3.05) is 25.1 Å². The maximum absolute atomic E-state index is 11.2. The molecule has 1 aliphatic rings. The van der Waals surface area contributed by atoms with Crippen LogP contribution in [0.25, 0.3) is 0 Å². The number of benzene rings is 1. The van der Waals surface area contributed by atoms with Crippen LogP contribution in [0.5, 0.6) is 0 Å². The van der Waals surface area contributed by atoms with Crippen molar-refractivity contribution in [1.29, 1.82) is 0 Å². The average Bonchev–Trinajstić information content (AvgIpc) is 2.22. The van der Waals surface area contributed by atoms with Crippen molar-refractivity contribution in [2.24, 2.45) is 0 Å². The molecule has 1 saturated heterocycles. The molecule has 2 rings (SSSR count). The Morgan fingerprint density at radius 3 is 2.28 bits per heavy atom. The van der Waals surface area contributed by atoms with Crippen LogP contribution < -0.4 is 5.32 Å². The van der Waals surface area contributed by atoms with E-state index in [-0.39, 0.29) is 5.41 Å². The summed E-state index contributed by atoms with van der Waals surface area (Å²) in [5.74, 6) is 0.292. The zero-order chi connectivity index (χ0) is 13.2. The Morgan fingerprint density at radius 2 is 1.83 bits per heavy atom. The number of nitrogens with one attached hydrogen (secondary N) is 1. The van der Waals surface area contributed by atoms with Gasteiger partial charge < -0.3 is 5.32 Å². The van der Waals surface area contributed by atoms with Gasteiger partial charge in [0.15, 0.2) is 0 Å². The zero-order valence-corrected chi connectivity index (χ0v) is 11.9. The minimum absolute atomic E-state index is 0.151. The van der Waals surface area contributed by atoms with E-state index in [9.17, 15) is 8.42 Å². The van der Waals surface area contributed by atoms with E-state index in [1.807, 2.05) is 0 Å². The molecule has 0 spiro atoms. The maximum Gasteiger partial charge on any atom is 0.147 e. The second-order valence-corrected chi connectivity index (χ2v) is 7.74. The first kappa shape index (κ1) is 13.6. The molecular weight excluding hydrogens is 246 g/mol. The van der Waals surface area contributed by atoms with Gasteiger partial charge in [-0.15, -0.1) is 0 Å². The van der Waals surface area contributed by atoms with E-state index in [4.69, 9.17) is 0 Å². The minimum Gasteiger partial charge on any atom is -0.315 e. The SMILES string of the molecule is Cc1ccc(C2(CCCS(C)(=O)=O)CNC2)cc1. The third kappa shape index (κ3) is 3.12. The van der Waals surface area contributed by atoms with Crippen LogP contribution in [-0.2, 0) is 15.3 Å². The number of hydrogen-bond donors (Lipinski definition) is 1. The number of rotatable bonds is 5. The first-order valence-electron chi connectivity index (χ1n) is 6.37. The van der Waals surface area contributed by atoms with Crippen LogP contribution in [0.15, 0.2) is 24.3 Å². The van der Waals surface area contributed by atoms with E-state index >= 15 is 0 Å². The standard InChI is InChI=1S/C14H21NO2S/c1-12-4-6-13(7-5-12)14(10-15-11-14)8-3-9-18(2,16)17/h4-7,15H,3,8-11H2,1-2H3. The Bertz CT molecular complexity index is 501. The van der Waals surface area contributed by atoms with Crippen molar-refractivity contribution in [3.8, 4) is 0 Å². The second-order valence-electron chi connectivity index (χ2n) is 5.48. The topological polar surface area (TPSA) is 46.2 Å². The summed E-state index contributed by atoms with van der Waals surface area (Å²) in [4.78, 5) is 0. The molecule has 0 bridgehead atoms. The molecule has 18 heavy (non-hydrogen) atoms. The number of hydrogen-bond acceptors (Lipinski definition) is 3. The predicted octanol–water partition coefficient (Wildman–Crippen LogP) is 1.66. The second kappa shape index (κ2) is 5.02. The molecule has 0 amide bonds.